The first-order valence-corrected chi connectivity index (χ1v) is 9.55. The molecule has 0 saturated carbocycles. The third kappa shape index (κ3) is 3.68. The molecular formula is C12H21BrN4S2. The Bertz CT molecular complexity index is 393. The fourth-order valence-corrected chi connectivity index (χ4v) is 5.85. The van der Waals surface area contributed by atoms with Gasteiger partial charge in [-0.2, -0.15) is 23.5 Å². The van der Waals surface area contributed by atoms with Crippen LogP contribution in [0.15, 0.2) is 4.60 Å². The van der Waals surface area contributed by atoms with E-state index in [0.29, 0.717) is 16.5 Å². The summed E-state index contributed by atoms with van der Waals surface area (Å²) in [6, 6.07) is 0.308. The van der Waals surface area contributed by atoms with Gasteiger partial charge in [-0.15, -0.1) is 5.10 Å². The lowest BCUT2D eigenvalue weighted by molar-refractivity contribution is 0.474. The van der Waals surface area contributed by atoms with Gasteiger partial charge in [0.15, 0.2) is 4.60 Å². The number of nitrogens with one attached hydrogen (secondary N) is 1. The molecule has 2 rings (SSSR count). The molecule has 1 aliphatic rings. The van der Waals surface area contributed by atoms with Crippen LogP contribution in [0.5, 0.6) is 0 Å². The number of nitrogens with zero attached hydrogens (tertiary/aromatic N) is 3. The van der Waals surface area contributed by atoms with Crippen molar-refractivity contribution in [3.05, 3.63) is 10.3 Å². The Morgan fingerprint density at radius 2 is 2.21 bits per heavy atom. The van der Waals surface area contributed by atoms with Crippen LogP contribution in [0.2, 0.25) is 0 Å². The van der Waals surface area contributed by atoms with Crippen LogP contribution in [-0.4, -0.2) is 43.5 Å². The summed E-state index contributed by atoms with van der Waals surface area (Å²) in [5, 5.41) is 13.2. The molecule has 1 aromatic rings. The predicted octanol–water partition coefficient (Wildman–Crippen LogP) is 2.86. The van der Waals surface area contributed by atoms with Gasteiger partial charge in [0.05, 0.1) is 11.7 Å². The average molecular weight is 365 g/mol. The monoisotopic (exact) mass is 364 g/mol. The van der Waals surface area contributed by atoms with Crippen LogP contribution in [0.25, 0.3) is 0 Å². The number of hydrogen-bond acceptors (Lipinski definition) is 5. The number of halogens is 1. The second-order valence-corrected chi connectivity index (χ2v) is 8.25. The molecule has 7 heteroatoms. The van der Waals surface area contributed by atoms with E-state index in [1.165, 1.54) is 17.2 Å². The third-order valence-electron chi connectivity index (χ3n) is 3.30. The van der Waals surface area contributed by atoms with Crippen LogP contribution in [0, 0.1) is 0 Å². The lowest BCUT2D eigenvalue weighted by Crippen LogP contribution is -2.39. The maximum atomic E-state index is 4.14. The van der Waals surface area contributed by atoms with E-state index < -0.39 is 0 Å². The zero-order valence-electron chi connectivity index (χ0n) is 11.6. The fraction of sp³-hybridized carbons (Fsp3) is 0.833. The minimum absolute atomic E-state index is 0.308. The summed E-state index contributed by atoms with van der Waals surface area (Å²) in [7, 11) is 1.97. The molecule has 0 aliphatic carbocycles. The van der Waals surface area contributed by atoms with Gasteiger partial charge in [-0.3, -0.25) is 0 Å². The summed E-state index contributed by atoms with van der Waals surface area (Å²) < 4.78 is 2.76. The Kier molecular flexibility index (Phi) is 6.05. The number of hydrogen-bond donors (Lipinski definition) is 1. The molecule has 1 saturated heterocycles. The normalized spacial score (nSPS) is 25.5. The van der Waals surface area contributed by atoms with Gasteiger partial charge in [-0.1, -0.05) is 19.1 Å². The van der Waals surface area contributed by atoms with Gasteiger partial charge in [0.25, 0.3) is 0 Å². The van der Waals surface area contributed by atoms with E-state index >= 15 is 0 Å². The molecule has 3 unspecified atom stereocenters. The molecule has 19 heavy (non-hydrogen) atoms. The van der Waals surface area contributed by atoms with Crippen molar-refractivity contribution in [2.45, 2.75) is 36.8 Å². The SMILES string of the molecule is CCCNC(c1c(Br)nnn1C)C1SCCSC1C. The van der Waals surface area contributed by atoms with E-state index in [9.17, 15) is 0 Å². The van der Waals surface area contributed by atoms with E-state index in [-0.39, 0.29) is 0 Å². The number of rotatable bonds is 5. The first-order valence-electron chi connectivity index (χ1n) is 6.66. The van der Waals surface area contributed by atoms with Crippen LogP contribution in [0.3, 0.4) is 0 Å². The van der Waals surface area contributed by atoms with Crippen molar-refractivity contribution in [2.24, 2.45) is 7.05 Å². The Hall–Kier alpha value is 0.280. The van der Waals surface area contributed by atoms with Gasteiger partial charge in [0.1, 0.15) is 0 Å². The maximum Gasteiger partial charge on any atom is 0.153 e. The Morgan fingerprint density at radius 1 is 1.47 bits per heavy atom. The molecule has 1 N–H and O–H groups in total. The van der Waals surface area contributed by atoms with Crippen molar-refractivity contribution in [1.29, 1.82) is 0 Å². The van der Waals surface area contributed by atoms with Crippen molar-refractivity contribution >= 4 is 39.5 Å². The molecule has 1 aromatic heterocycles. The number of aryl methyl sites for hydroxylation is 1. The summed E-state index contributed by atoms with van der Waals surface area (Å²) in [6.07, 6.45) is 1.14. The molecule has 2 heterocycles. The van der Waals surface area contributed by atoms with E-state index in [2.05, 4.69) is 68.9 Å². The summed E-state index contributed by atoms with van der Waals surface area (Å²) in [6.45, 7) is 5.56. The first-order chi connectivity index (χ1) is 9.15. The molecule has 0 radical (unpaired) electrons. The topological polar surface area (TPSA) is 42.7 Å². The molecule has 1 aliphatic heterocycles. The average Bonchev–Trinajstić information content (AvgIpc) is 2.73. The summed E-state index contributed by atoms with van der Waals surface area (Å²) in [5.41, 5.74) is 1.17. The van der Waals surface area contributed by atoms with Gasteiger partial charge < -0.3 is 5.32 Å². The summed E-state index contributed by atoms with van der Waals surface area (Å²) in [5.74, 6) is 2.49. The van der Waals surface area contributed by atoms with Crippen LogP contribution < -0.4 is 5.32 Å². The highest BCUT2D eigenvalue weighted by Crippen LogP contribution is 2.39. The van der Waals surface area contributed by atoms with Crippen LogP contribution in [0.1, 0.15) is 32.0 Å². The van der Waals surface area contributed by atoms with Crippen LogP contribution >= 0.6 is 39.5 Å². The molecule has 1 fully saturated rings. The maximum absolute atomic E-state index is 4.14. The summed E-state index contributed by atoms with van der Waals surface area (Å²) >= 11 is 7.69. The standard InChI is InChI=1S/C12H21BrN4S2/c1-4-5-14-9(10-12(13)15-16-17(10)3)11-8(2)18-6-7-19-11/h8-9,11,14H,4-7H2,1-3H3. The number of aromatic nitrogens is 3. The first kappa shape index (κ1) is 15.7. The highest BCUT2D eigenvalue weighted by Gasteiger charge is 2.34. The molecule has 108 valence electrons. The Morgan fingerprint density at radius 3 is 2.79 bits per heavy atom. The Labute approximate surface area is 132 Å². The Balaban J connectivity index is 2.24. The van der Waals surface area contributed by atoms with Crippen molar-refractivity contribution in [1.82, 2.24) is 20.3 Å². The van der Waals surface area contributed by atoms with Crippen molar-refractivity contribution in [3.8, 4) is 0 Å². The molecule has 0 spiro atoms. The highest BCUT2D eigenvalue weighted by molar-refractivity contribution is 9.10. The van der Waals surface area contributed by atoms with Gasteiger partial charge >= 0.3 is 0 Å². The minimum atomic E-state index is 0.308. The molecule has 3 atom stereocenters. The van der Waals surface area contributed by atoms with Gasteiger partial charge in [-0.25, -0.2) is 4.68 Å². The molecule has 0 bridgehead atoms. The zero-order chi connectivity index (χ0) is 13.8. The van der Waals surface area contributed by atoms with Gasteiger partial charge in [0, 0.05) is 29.1 Å². The van der Waals surface area contributed by atoms with Crippen molar-refractivity contribution < 1.29 is 0 Å². The summed E-state index contributed by atoms with van der Waals surface area (Å²) in [4.78, 5) is 0. The van der Waals surface area contributed by atoms with Crippen LogP contribution in [-0.2, 0) is 7.05 Å². The second kappa shape index (κ2) is 7.33. The van der Waals surface area contributed by atoms with Crippen molar-refractivity contribution in [2.75, 3.05) is 18.1 Å². The van der Waals surface area contributed by atoms with E-state index in [4.69, 9.17) is 0 Å². The van der Waals surface area contributed by atoms with Gasteiger partial charge in [-0.05, 0) is 28.9 Å². The molecule has 4 nitrogen and oxygen atoms in total. The quantitative estimate of drug-likeness (QED) is 0.869. The van der Waals surface area contributed by atoms with E-state index in [0.717, 1.165) is 17.6 Å². The third-order valence-corrected chi connectivity index (χ3v) is 7.06. The lowest BCUT2D eigenvalue weighted by atomic mass is 10.1. The van der Waals surface area contributed by atoms with Crippen molar-refractivity contribution in [3.63, 3.8) is 0 Å². The molecule has 0 aromatic carbocycles. The predicted molar refractivity (Wildman–Crippen MR) is 87.9 cm³/mol. The van der Waals surface area contributed by atoms with Gasteiger partial charge in [0.2, 0.25) is 0 Å². The number of thioether (sulfide) groups is 2. The zero-order valence-corrected chi connectivity index (χ0v) is 14.8. The lowest BCUT2D eigenvalue weighted by Gasteiger charge is -2.35. The minimum Gasteiger partial charge on any atom is -0.308 e. The van der Waals surface area contributed by atoms with E-state index in [1.54, 1.807) is 0 Å². The smallest absolute Gasteiger partial charge is 0.153 e. The highest BCUT2D eigenvalue weighted by atomic mass is 79.9. The second-order valence-electron chi connectivity index (χ2n) is 4.73. The largest absolute Gasteiger partial charge is 0.308 e. The fourth-order valence-electron chi connectivity index (χ4n) is 2.35. The molecule has 0 amide bonds. The van der Waals surface area contributed by atoms with E-state index in [1.807, 2.05) is 11.7 Å². The van der Waals surface area contributed by atoms with Crippen LogP contribution in [0.4, 0.5) is 0 Å². The molecular weight excluding hydrogens is 344 g/mol.